The van der Waals surface area contributed by atoms with Gasteiger partial charge in [-0.25, -0.2) is 0 Å². The molecule has 0 aromatic carbocycles. The Morgan fingerprint density at radius 2 is 1.65 bits per heavy atom. The van der Waals surface area contributed by atoms with E-state index in [0.717, 1.165) is 6.42 Å². The van der Waals surface area contributed by atoms with Crippen molar-refractivity contribution in [3.8, 4) is 0 Å². The molecule has 0 aliphatic carbocycles. The molecule has 0 rings (SSSR count). The number of carbonyl (C=O) groups excluding carboxylic acids is 1. The van der Waals surface area contributed by atoms with Gasteiger partial charge in [-0.15, -0.1) is 0 Å². The Labute approximate surface area is 106 Å². The third-order valence-corrected chi connectivity index (χ3v) is 2.46. The first-order valence-corrected chi connectivity index (χ1v) is 6.47. The van der Waals surface area contributed by atoms with Crippen LogP contribution in [0.1, 0.15) is 61.8 Å². The summed E-state index contributed by atoms with van der Waals surface area (Å²) in [6.07, 6.45) is 0.951. The zero-order valence-corrected chi connectivity index (χ0v) is 12.7. The molecule has 0 saturated heterocycles. The fourth-order valence-corrected chi connectivity index (χ4v) is 1.50. The molecule has 0 saturated carbocycles. The van der Waals surface area contributed by atoms with Crippen LogP contribution in [0.15, 0.2) is 0 Å². The molecule has 0 aromatic rings. The lowest BCUT2D eigenvalue weighted by Gasteiger charge is -2.32. The van der Waals surface area contributed by atoms with Crippen LogP contribution in [0, 0.1) is 5.92 Å². The highest BCUT2D eigenvalue weighted by atomic mass is 16.6. The molecule has 3 heteroatoms. The summed E-state index contributed by atoms with van der Waals surface area (Å²) in [6.45, 7) is 16.0. The van der Waals surface area contributed by atoms with Crippen LogP contribution in [0.2, 0.25) is 0 Å². The third-order valence-electron chi connectivity index (χ3n) is 2.46. The Morgan fingerprint density at radius 3 is 1.94 bits per heavy atom. The van der Waals surface area contributed by atoms with E-state index in [1.54, 1.807) is 0 Å². The smallest absolute Gasteiger partial charge is 0.323 e. The first-order valence-electron chi connectivity index (χ1n) is 6.47. The minimum absolute atomic E-state index is 0.0923. The van der Waals surface area contributed by atoms with E-state index in [-0.39, 0.29) is 23.5 Å². The van der Waals surface area contributed by atoms with E-state index in [9.17, 15) is 4.79 Å². The van der Waals surface area contributed by atoms with Gasteiger partial charge in [0.05, 0.1) is 0 Å². The maximum atomic E-state index is 12.2. The van der Waals surface area contributed by atoms with Crippen LogP contribution in [0.25, 0.3) is 0 Å². The summed E-state index contributed by atoms with van der Waals surface area (Å²) >= 11 is 0. The molecule has 3 nitrogen and oxygen atoms in total. The van der Waals surface area contributed by atoms with E-state index in [2.05, 4.69) is 39.9 Å². The van der Waals surface area contributed by atoms with Gasteiger partial charge in [0.2, 0.25) is 0 Å². The van der Waals surface area contributed by atoms with Crippen LogP contribution in [-0.2, 0) is 9.53 Å². The van der Waals surface area contributed by atoms with Crippen LogP contribution in [-0.4, -0.2) is 23.2 Å². The molecular formula is C14H29NO2. The zero-order chi connectivity index (χ0) is 13.9. The van der Waals surface area contributed by atoms with Crippen molar-refractivity contribution in [3.05, 3.63) is 0 Å². The Morgan fingerprint density at radius 1 is 1.18 bits per heavy atom. The fraction of sp³-hybridized carbons (Fsp3) is 0.929. The molecule has 0 unspecified atom stereocenters. The molecule has 0 heterocycles. The number of ether oxygens (including phenoxy) is 1. The van der Waals surface area contributed by atoms with Crippen LogP contribution in [0.5, 0.6) is 0 Å². The van der Waals surface area contributed by atoms with Crippen molar-refractivity contribution >= 4 is 5.97 Å². The van der Waals surface area contributed by atoms with Gasteiger partial charge in [0, 0.05) is 5.54 Å². The lowest BCUT2D eigenvalue weighted by molar-refractivity contribution is -0.159. The minimum Gasteiger partial charge on any atom is -0.459 e. The molecule has 0 radical (unpaired) electrons. The van der Waals surface area contributed by atoms with Gasteiger partial charge in [-0.05, 0) is 47.5 Å². The summed E-state index contributed by atoms with van der Waals surface area (Å²) in [4.78, 5) is 12.2. The maximum Gasteiger partial charge on any atom is 0.323 e. The lowest BCUT2D eigenvalue weighted by atomic mass is 9.95. The number of hydrogen-bond donors (Lipinski definition) is 1. The number of rotatable bonds is 4. The van der Waals surface area contributed by atoms with Crippen molar-refractivity contribution in [1.82, 2.24) is 5.32 Å². The van der Waals surface area contributed by atoms with Gasteiger partial charge in [-0.3, -0.25) is 10.1 Å². The van der Waals surface area contributed by atoms with E-state index >= 15 is 0 Å². The number of carbonyl (C=O) groups is 1. The average molecular weight is 243 g/mol. The van der Waals surface area contributed by atoms with Gasteiger partial charge in [-0.1, -0.05) is 20.3 Å². The molecule has 1 N–H and O–H groups in total. The van der Waals surface area contributed by atoms with E-state index in [4.69, 9.17) is 4.74 Å². The maximum absolute atomic E-state index is 12.2. The number of esters is 1. The lowest BCUT2D eigenvalue weighted by Crippen LogP contribution is -2.52. The topological polar surface area (TPSA) is 38.3 Å². The second-order valence-corrected chi connectivity index (χ2v) is 6.79. The number of nitrogens with one attached hydrogen (secondary N) is 1. The third kappa shape index (κ3) is 7.37. The molecule has 0 bridgehead atoms. The second-order valence-electron chi connectivity index (χ2n) is 6.79. The van der Waals surface area contributed by atoms with E-state index in [1.807, 2.05) is 20.8 Å². The molecule has 2 atom stereocenters. The van der Waals surface area contributed by atoms with Crippen molar-refractivity contribution in [2.75, 3.05) is 0 Å². The van der Waals surface area contributed by atoms with Crippen LogP contribution in [0.4, 0.5) is 0 Å². The van der Waals surface area contributed by atoms with Crippen molar-refractivity contribution in [2.45, 2.75) is 79.0 Å². The quantitative estimate of drug-likeness (QED) is 0.771. The largest absolute Gasteiger partial charge is 0.459 e. The Balaban J connectivity index is 4.75. The number of hydrogen-bond acceptors (Lipinski definition) is 3. The SMILES string of the molecule is CC[C@H](C)[C@H](NC(C)(C)C)C(=O)OC(C)(C)C. The highest BCUT2D eigenvalue weighted by Crippen LogP contribution is 2.17. The summed E-state index contributed by atoms with van der Waals surface area (Å²) in [7, 11) is 0. The summed E-state index contributed by atoms with van der Waals surface area (Å²) in [5.41, 5.74) is -0.520. The van der Waals surface area contributed by atoms with Gasteiger partial charge >= 0.3 is 5.97 Å². The first-order chi connectivity index (χ1) is 7.46. The van der Waals surface area contributed by atoms with Gasteiger partial charge in [0.15, 0.2) is 0 Å². The fourth-order valence-electron chi connectivity index (χ4n) is 1.50. The van der Waals surface area contributed by atoms with Crippen molar-refractivity contribution in [2.24, 2.45) is 5.92 Å². The second kappa shape index (κ2) is 5.85. The highest BCUT2D eigenvalue weighted by Gasteiger charge is 2.31. The molecule has 102 valence electrons. The predicted octanol–water partition coefficient (Wildman–Crippen LogP) is 3.13. The van der Waals surface area contributed by atoms with Gasteiger partial charge < -0.3 is 4.74 Å². The summed E-state index contributed by atoms with van der Waals surface area (Å²) in [5, 5.41) is 3.35. The van der Waals surface area contributed by atoms with Gasteiger partial charge in [0.25, 0.3) is 0 Å². The predicted molar refractivity (Wildman–Crippen MR) is 72.0 cm³/mol. The molecular weight excluding hydrogens is 214 g/mol. The highest BCUT2D eigenvalue weighted by molar-refractivity contribution is 5.76. The standard InChI is InChI=1S/C14H29NO2/c1-9-10(2)11(15-13(3,4)5)12(16)17-14(6,7)8/h10-11,15H,9H2,1-8H3/t10-,11-/m0/s1. The molecule has 0 aliphatic rings. The van der Waals surface area contributed by atoms with Crippen molar-refractivity contribution < 1.29 is 9.53 Å². The van der Waals surface area contributed by atoms with Gasteiger partial charge in [0.1, 0.15) is 11.6 Å². The van der Waals surface area contributed by atoms with Crippen LogP contribution >= 0.6 is 0 Å². The Kier molecular flexibility index (Phi) is 5.66. The monoisotopic (exact) mass is 243 g/mol. The molecule has 0 fully saturated rings. The Hall–Kier alpha value is -0.570. The van der Waals surface area contributed by atoms with E-state index in [0.29, 0.717) is 0 Å². The first kappa shape index (κ1) is 16.4. The summed E-state index contributed by atoms with van der Waals surface area (Å²) in [6, 6.07) is -0.237. The molecule has 17 heavy (non-hydrogen) atoms. The average Bonchev–Trinajstić information content (AvgIpc) is 2.08. The van der Waals surface area contributed by atoms with Crippen LogP contribution < -0.4 is 5.32 Å². The van der Waals surface area contributed by atoms with Crippen molar-refractivity contribution in [1.29, 1.82) is 0 Å². The normalized spacial score (nSPS) is 16.5. The summed E-state index contributed by atoms with van der Waals surface area (Å²) < 4.78 is 5.47. The molecule has 0 spiro atoms. The molecule has 0 amide bonds. The molecule has 0 aliphatic heterocycles. The Bertz CT molecular complexity index is 248. The van der Waals surface area contributed by atoms with Gasteiger partial charge in [-0.2, -0.15) is 0 Å². The van der Waals surface area contributed by atoms with Crippen molar-refractivity contribution in [3.63, 3.8) is 0 Å². The van der Waals surface area contributed by atoms with E-state index in [1.165, 1.54) is 0 Å². The van der Waals surface area contributed by atoms with Crippen LogP contribution in [0.3, 0.4) is 0 Å². The van der Waals surface area contributed by atoms with E-state index < -0.39 is 5.60 Å². The molecule has 0 aromatic heterocycles. The zero-order valence-electron chi connectivity index (χ0n) is 12.7. The summed E-state index contributed by atoms with van der Waals surface area (Å²) in [5.74, 6) is 0.117. The minimum atomic E-state index is -0.428.